The van der Waals surface area contributed by atoms with Crippen molar-refractivity contribution in [3.63, 3.8) is 0 Å². The third-order valence-electron chi connectivity index (χ3n) is 3.64. The fraction of sp³-hybridized carbons (Fsp3) is 0.300. The van der Waals surface area contributed by atoms with Crippen LogP contribution in [0.2, 0.25) is 0 Å². The van der Waals surface area contributed by atoms with Gasteiger partial charge in [-0.15, -0.1) is 0 Å². The first-order valence-electron chi connectivity index (χ1n) is 8.48. The molecule has 25 heavy (non-hydrogen) atoms. The minimum Gasteiger partial charge on any atom is -0.376 e. The molecule has 132 valence electrons. The highest BCUT2D eigenvalue weighted by Crippen LogP contribution is 2.14. The molecule has 2 amide bonds. The van der Waals surface area contributed by atoms with E-state index in [1.54, 1.807) is 24.3 Å². The van der Waals surface area contributed by atoms with Gasteiger partial charge in [0.15, 0.2) is 0 Å². The smallest absolute Gasteiger partial charge is 0.251 e. The van der Waals surface area contributed by atoms with Crippen molar-refractivity contribution in [2.45, 2.75) is 27.2 Å². The van der Waals surface area contributed by atoms with E-state index in [9.17, 15) is 9.59 Å². The molecule has 2 aromatic rings. The summed E-state index contributed by atoms with van der Waals surface area (Å²) in [6, 6.07) is 13.0. The quantitative estimate of drug-likeness (QED) is 0.723. The van der Waals surface area contributed by atoms with Gasteiger partial charge in [-0.2, -0.15) is 0 Å². The van der Waals surface area contributed by atoms with Crippen molar-refractivity contribution >= 4 is 23.2 Å². The normalized spacial score (nSPS) is 10.2. The van der Waals surface area contributed by atoms with E-state index in [4.69, 9.17) is 0 Å². The molecule has 0 atom stereocenters. The number of carbonyl (C=O) groups is 2. The molecule has 0 aromatic heterocycles. The highest BCUT2D eigenvalue weighted by atomic mass is 16.2. The van der Waals surface area contributed by atoms with Crippen LogP contribution in [-0.4, -0.2) is 24.9 Å². The number of rotatable bonds is 7. The van der Waals surface area contributed by atoms with Crippen molar-refractivity contribution in [1.29, 1.82) is 0 Å². The van der Waals surface area contributed by atoms with Crippen molar-refractivity contribution in [2.24, 2.45) is 0 Å². The predicted molar refractivity (Wildman–Crippen MR) is 102 cm³/mol. The molecule has 2 aromatic carbocycles. The van der Waals surface area contributed by atoms with Gasteiger partial charge in [0.1, 0.15) is 0 Å². The van der Waals surface area contributed by atoms with E-state index in [2.05, 4.69) is 22.0 Å². The Morgan fingerprint density at radius 2 is 1.56 bits per heavy atom. The molecule has 0 aliphatic carbocycles. The average molecular weight is 339 g/mol. The molecule has 0 spiro atoms. The van der Waals surface area contributed by atoms with Crippen LogP contribution in [0.15, 0.2) is 42.5 Å². The van der Waals surface area contributed by atoms with E-state index in [0.717, 1.165) is 28.9 Å². The van der Waals surface area contributed by atoms with Gasteiger partial charge in [0, 0.05) is 23.5 Å². The van der Waals surface area contributed by atoms with Crippen molar-refractivity contribution in [2.75, 3.05) is 23.7 Å². The van der Waals surface area contributed by atoms with Crippen LogP contribution < -0.4 is 16.0 Å². The van der Waals surface area contributed by atoms with Gasteiger partial charge in [0.2, 0.25) is 5.91 Å². The zero-order valence-corrected chi connectivity index (χ0v) is 15.0. The Kier molecular flexibility index (Phi) is 6.57. The van der Waals surface area contributed by atoms with Gasteiger partial charge in [-0.25, -0.2) is 0 Å². The van der Waals surface area contributed by atoms with E-state index in [0.29, 0.717) is 12.1 Å². The number of benzene rings is 2. The average Bonchev–Trinajstić information content (AvgIpc) is 2.57. The summed E-state index contributed by atoms with van der Waals surface area (Å²) in [5.41, 5.74) is 4.42. The number of hydrogen-bond donors (Lipinski definition) is 3. The van der Waals surface area contributed by atoms with Crippen molar-refractivity contribution in [3.8, 4) is 0 Å². The van der Waals surface area contributed by atoms with Crippen LogP contribution in [0.5, 0.6) is 0 Å². The molecule has 0 saturated heterocycles. The van der Waals surface area contributed by atoms with Crippen molar-refractivity contribution in [1.82, 2.24) is 5.32 Å². The summed E-state index contributed by atoms with van der Waals surface area (Å²) in [4.78, 5) is 23.9. The molecule has 0 heterocycles. The van der Waals surface area contributed by atoms with Crippen molar-refractivity contribution in [3.05, 3.63) is 59.2 Å². The Morgan fingerprint density at radius 3 is 2.16 bits per heavy atom. The number of aryl methyl sites for hydroxylation is 2. The summed E-state index contributed by atoms with van der Waals surface area (Å²) in [6.07, 6.45) is 0.904. The van der Waals surface area contributed by atoms with Crippen LogP contribution in [0.1, 0.15) is 34.8 Å². The summed E-state index contributed by atoms with van der Waals surface area (Å²) < 4.78 is 0. The number of anilines is 2. The van der Waals surface area contributed by atoms with E-state index < -0.39 is 0 Å². The van der Waals surface area contributed by atoms with Crippen molar-refractivity contribution < 1.29 is 9.59 Å². The lowest BCUT2D eigenvalue weighted by Gasteiger charge is -2.10. The summed E-state index contributed by atoms with van der Waals surface area (Å²) in [5.74, 6) is -0.198. The Hall–Kier alpha value is -2.82. The lowest BCUT2D eigenvalue weighted by atomic mass is 10.1. The van der Waals surface area contributed by atoms with Gasteiger partial charge in [-0.1, -0.05) is 13.0 Å². The van der Waals surface area contributed by atoms with Crippen LogP contribution in [-0.2, 0) is 4.79 Å². The van der Waals surface area contributed by atoms with Gasteiger partial charge in [-0.3, -0.25) is 9.59 Å². The standard InChI is InChI=1S/C20H25N3O2/c1-4-9-21-20(25)16-5-7-17(8-6-16)22-13-19(24)23-18-11-14(2)10-15(3)12-18/h5-8,10-12,22H,4,9,13H2,1-3H3,(H,21,25)(H,23,24). The third kappa shape index (κ3) is 5.95. The zero-order chi connectivity index (χ0) is 18.2. The molecular formula is C20H25N3O2. The van der Waals surface area contributed by atoms with E-state index in [-0.39, 0.29) is 18.4 Å². The number of nitrogens with one attached hydrogen (secondary N) is 3. The molecule has 0 saturated carbocycles. The molecule has 0 unspecified atom stereocenters. The Balaban J connectivity index is 1.86. The zero-order valence-electron chi connectivity index (χ0n) is 15.0. The molecule has 2 rings (SSSR count). The second-order valence-electron chi connectivity index (χ2n) is 6.11. The number of hydrogen-bond acceptors (Lipinski definition) is 3. The van der Waals surface area contributed by atoms with Gasteiger partial charge in [0.25, 0.3) is 5.91 Å². The van der Waals surface area contributed by atoms with Gasteiger partial charge < -0.3 is 16.0 Å². The van der Waals surface area contributed by atoms with Crippen LogP contribution in [0, 0.1) is 13.8 Å². The molecule has 5 heteroatoms. The Morgan fingerprint density at radius 1 is 0.920 bits per heavy atom. The summed E-state index contributed by atoms with van der Waals surface area (Å²) in [7, 11) is 0. The summed E-state index contributed by atoms with van der Waals surface area (Å²) in [6.45, 7) is 6.83. The monoisotopic (exact) mass is 339 g/mol. The molecule has 0 aliphatic rings. The van der Waals surface area contributed by atoms with E-state index >= 15 is 0 Å². The minimum atomic E-state index is -0.116. The van der Waals surface area contributed by atoms with Gasteiger partial charge >= 0.3 is 0 Å². The summed E-state index contributed by atoms with van der Waals surface area (Å²) >= 11 is 0. The molecular weight excluding hydrogens is 314 g/mol. The molecule has 0 radical (unpaired) electrons. The van der Waals surface area contributed by atoms with E-state index in [1.165, 1.54) is 0 Å². The predicted octanol–water partition coefficient (Wildman–Crippen LogP) is 3.49. The van der Waals surface area contributed by atoms with Crippen LogP contribution >= 0.6 is 0 Å². The molecule has 0 bridgehead atoms. The van der Waals surface area contributed by atoms with Gasteiger partial charge in [-0.05, 0) is 67.8 Å². The first-order chi connectivity index (χ1) is 12.0. The Bertz CT molecular complexity index is 719. The van der Waals surface area contributed by atoms with Crippen LogP contribution in [0.4, 0.5) is 11.4 Å². The fourth-order valence-corrected chi connectivity index (χ4v) is 2.51. The largest absolute Gasteiger partial charge is 0.376 e. The maximum atomic E-state index is 12.1. The first-order valence-corrected chi connectivity index (χ1v) is 8.48. The van der Waals surface area contributed by atoms with Crippen LogP contribution in [0.25, 0.3) is 0 Å². The molecule has 0 aliphatic heterocycles. The summed E-state index contributed by atoms with van der Waals surface area (Å²) in [5, 5.41) is 8.77. The topological polar surface area (TPSA) is 70.2 Å². The maximum absolute atomic E-state index is 12.1. The second kappa shape index (κ2) is 8.87. The molecule has 5 nitrogen and oxygen atoms in total. The van der Waals surface area contributed by atoms with Gasteiger partial charge in [0.05, 0.1) is 6.54 Å². The SMILES string of the molecule is CCCNC(=O)c1ccc(NCC(=O)Nc2cc(C)cc(C)c2)cc1. The lowest BCUT2D eigenvalue weighted by Crippen LogP contribution is -2.24. The Labute approximate surface area is 148 Å². The first kappa shape index (κ1) is 18.5. The number of amides is 2. The highest BCUT2D eigenvalue weighted by Gasteiger charge is 2.06. The number of carbonyl (C=O) groups excluding carboxylic acids is 2. The highest BCUT2D eigenvalue weighted by molar-refractivity contribution is 5.95. The minimum absolute atomic E-state index is 0.0824. The molecule has 3 N–H and O–H groups in total. The van der Waals surface area contributed by atoms with E-state index in [1.807, 2.05) is 32.9 Å². The fourth-order valence-electron chi connectivity index (χ4n) is 2.51. The lowest BCUT2D eigenvalue weighted by molar-refractivity contribution is -0.114. The third-order valence-corrected chi connectivity index (χ3v) is 3.64. The maximum Gasteiger partial charge on any atom is 0.251 e. The van der Waals surface area contributed by atoms with Crippen LogP contribution in [0.3, 0.4) is 0 Å². The molecule has 0 fully saturated rings. The second-order valence-corrected chi connectivity index (χ2v) is 6.11.